The Morgan fingerprint density at radius 3 is 2.39 bits per heavy atom. The minimum absolute atomic E-state index is 0.358. The van der Waals surface area contributed by atoms with Crippen molar-refractivity contribution in [2.75, 3.05) is 19.5 Å². The Balaban J connectivity index is 2.59. The molecular weight excluding hydrogens is 478 g/mol. The second kappa shape index (κ2) is 9.60. The molecule has 0 amide bonds. The Hall–Kier alpha value is -1.42. The van der Waals surface area contributed by atoms with E-state index in [1.165, 1.54) is 7.11 Å². The van der Waals surface area contributed by atoms with Crippen LogP contribution in [-0.2, 0) is 25.7 Å². The van der Waals surface area contributed by atoms with E-state index in [9.17, 15) is 4.79 Å². The van der Waals surface area contributed by atoms with Gasteiger partial charge in [0.25, 0.3) is 0 Å². The van der Waals surface area contributed by atoms with Crippen molar-refractivity contribution in [3.63, 3.8) is 0 Å². The summed E-state index contributed by atoms with van der Waals surface area (Å²) in [5, 5.41) is 0. The maximum Gasteiger partial charge on any atom is 0.339 e. The summed E-state index contributed by atoms with van der Waals surface area (Å²) in [5.41, 5.74) is 9.29. The zero-order valence-corrected chi connectivity index (χ0v) is 22.8. The molecule has 2 rings (SSSR count). The monoisotopic (exact) mass is 513 g/mol. The Morgan fingerprint density at radius 2 is 1.87 bits per heavy atom. The standard InChI is InChI=1S/C22H36BrN3O4Si/c1-13-15(20(21(27)28-6)30-22(3,4)5)16(23)19-18(17(13)24)25-14(2)26(19)12-29-10-11-31(7,8)9/h20H,10-12,24H2,1-9H3. The van der Waals surface area contributed by atoms with Gasteiger partial charge in [-0.1, -0.05) is 19.6 Å². The van der Waals surface area contributed by atoms with Crippen molar-refractivity contribution in [3.8, 4) is 0 Å². The van der Waals surface area contributed by atoms with Gasteiger partial charge in [0.05, 0.1) is 28.4 Å². The van der Waals surface area contributed by atoms with Gasteiger partial charge in [-0.3, -0.25) is 0 Å². The zero-order chi connectivity index (χ0) is 23.7. The molecule has 0 aliphatic rings. The van der Waals surface area contributed by atoms with Crippen molar-refractivity contribution in [2.24, 2.45) is 0 Å². The fourth-order valence-electron chi connectivity index (χ4n) is 3.28. The molecule has 0 radical (unpaired) electrons. The van der Waals surface area contributed by atoms with Gasteiger partial charge >= 0.3 is 5.97 Å². The number of imidazole rings is 1. The molecule has 1 unspecified atom stereocenters. The Morgan fingerprint density at radius 1 is 1.26 bits per heavy atom. The third-order valence-electron chi connectivity index (χ3n) is 5.03. The maximum atomic E-state index is 12.7. The molecule has 0 bridgehead atoms. The van der Waals surface area contributed by atoms with Crippen LogP contribution in [0, 0.1) is 13.8 Å². The number of fused-ring (bicyclic) bond motifs is 1. The summed E-state index contributed by atoms with van der Waals surface area (Å²) in [6.07, 6.45) is -0.928. The molecule has 0 aliphatic heterocycles. The van der Waals surface area contributed by atoms with Gasteiger partial charge in [-0.05, 0) is 62.2 Å². The van der Waals surface area contributed by atoms with E-state index in [0.29, 0.717) is 34.6 Å². The average Bonchev–Trinajstić information content (AvgIpc) is 2.97. The highest BCUT2D eigenvalue weighted by molar-refractivity contribution is 9.10. The van der Waals surface area contributed by atoms with Gasteiger partial charge in [-0.2, -0.15) is 0 Å². The number of aryl methyl sites for hydroxylation is 1. The van der Waals surface area contributed by atoms with E-state index in [0.717, 1.165) is 22.9 Å². The second-order valence-corrected chi connectivity index (χ2v) is 16.4. The summed E-state index contributed by atoms with van der Waals surface area (Å²) in [5.74, 6) is 0.310. The van der Waals surface area contributed by atoms with Crippen molar-refractivity contribution < 1.29 is 19.0 Å². The summed E-state index contributed by atoms with van der Waals surface area (Å²) in [6, 6.07) is 1.08. The summed E-state index contributed by atoms with van der Waals surface area (Å²) in [7, 11) is 0.170. The quantitative estimate of drug-likeness (QED) is 0.221. The zero-order valence-electron chi connectivity index (χ0n) is 20.2. The molecular formula is C22H36BrN3O4Si. The second-order valence-electron chi connectivity index (χ2n) is 10.0. The van der Waals surface area contributed by atoms with Crippen LogP contribution in [0.2, 0.25) is 25.7 Å². The van der Waals surface area contributed by atoms with E-state index in [4.69, 9.17) is 19.9 Å². The fourth-order valence-corrected chi connectivity index (χ4v) is 4.94. The topological polar surface area (TPSA) is 88.6 Å². The number of nitrogens with two attached hydrogens (primary N) is 1. The Bertz CT molecular complexity index is 961. The highest BCUT2D eigenvalue weighted by Gasteiger charge is 2.34. The van der Waals surface area contributed by atoms with E-state index in [2.05, 4.69) is 40.6 Å². The van der Waals surface area contributed by atoms with Crippen molar-refractivity contribution in [3.05, 3.63) is 21.4 Å². The number of benzene rings is 1. The van der Waals surface area contributed by atoms with Gasteiger partial charge in [-0.15, -0.1) is 0 Å². The van der Waals surface area contributed by atoms with Crippen LogP contribution < -0.4 is 5.73 Å². The van der Waals surface area contributed by atoms with E-state index in [1.54, 1.807) is 0 Å². The van der Waals surface area contributed by atoms with Gasteiger partial charge in [0.15, 0.2) is 6.10 Å². The molecule has 7 nitrogen and oxygen atoms in total. The first-order valence-electron chi connectivity index (χ1n) is 10.5. The summed E-state index contributed by atoms with van der Waals surface area (Å²) in [6.45, 7) is 17.5. The number of anilines is 1. The van der Waals surface area contributed by atoms with Crippen LogP contribution in [-0.4, -0.2) is 42.9 Å². The third kappa shape index (κ3) is 6.09. The lowest BCUT2D eigenvalue weighted by molar-refractivity contribution is -0.164. The number of aromatic nitrogens is 2. The number of carbonyl (C=O) groups excluding carboxylic acids is 1. The largest absolute Gasteiger partial charge is 0.467 e. The van der Waals surface area contributed by atoms with E-state index >= 15 is 0 Å². The first-order chi connectivity index (χ1) is 14.2. The van der Waals surface area contributed by atoms with Gasteiger partial charge in [0.1, 0.15) is 18.1 Å². The van der Waals surface area contributed by atoms with E-state index in [1.807, 2.05) is 39.2 Å². The highest BCUT2D eigenvalue weighted by atomic mass is 79.9. The Labute approximate surface area is 194 Å². The molecule has 31 heavy (non-hydrogen) atoms. The number of rotatable bonds is 8. The molecule has 174 valence electrons. The number of halogens is 1. The van der Waals surface area contributed by atoms with Crippen molar-refractivity contribution in [2.45, 2.75) is 78.7 Å². The van der Waals surface area contributed by atoms with Crippen LogP contribution in [0.1, 0.15) is 43.8 Å². The molecule has 0 saturated heterocycles. The molecule has 0 aliphatic carbocycles. The molecule has 2 aromatic rings. The number of carbonyl (C=O) groups is 1. The number of nitrogen functional groups attached to an aromatic ring is 1. The van der Waals surface area contributed by atoms with Crippen LogP contribution in [0.5, 0.6) is 0 Å². The van der Waals surface area contributed by atoms with Crippen molar-refractivity contribution in [1.82, 2.24) is 9.55 Å². The lowest BCUT2D eigenvalue weighted by Gasteiger charge is -2.28. The van der Waals surface area contributed by atoms with Crippen LogP contribution in [0.25, 0.3) is 11.0 Å². The fraction of sp³-hybridized carbons (Fsp3) is 0.636. The molecule has 9 heteroatoms. The number of esters is 1. The third-order valence-corrected chi connectivity index (χ3v) is 7.54. The van der Waals surface area contributed by atoms with E-state index in [-0.39, 0.29) is 0 Å². The van der Waals surface area contributed by atoms with Gasteiger partial charge < -0.3 is 24.5 Å². The molecule has 1 aromatic carbocycles. The smallest absolute Gasteiger partial charge is 0.339 e. The normalized spacial score (nSPS) is 13.6. The number of nitrogens with zero attached hydrogens (tertiary/aromatic N) is 2. The predicted octanol–water partition coefficient (Wildman–Crippen LogP) is 5.34. The highest BCUT2D eigenvalue weighted by Crippen LogP contribution is 2.41. The first kappa shape index (κ1) is 25.8. The van der Waals surface area contributed by atoms with E-state index < -0.39 is 25.7 Å². The summed E-state index contributed by atoms with van der Waals surface area (Å²) >= 11 is 3.72. The summed E-state index contributed by atoms with van der Waals surface area (Å²) < 4.78 is 19.8. The number of methoxy groups -OCH3 is 1. The molecule has 0 fully saturated rings. The number of hydrogen-bond donors (Lipinski definition) is 1. The molecule has 0 saturated carbocycles. The number of hydrogen-bond acceptors (Lipinski definition) is 6. The Kier molecular flexibility index (Phi) is 8.00. The molecule has 1 aromatic heterocycles. The first-order valence-corrected chi connectivity index (χ1v) is 15.0. The molecule has 0 spiro atoms. The summed E-state index contributed by atoms with van der Waals surface area (Å²) in [4.78, 5) is 17.4. The average molecular weight is 515 g/mol. The molecule has 1 heterocycles. The van der Waals surface area contributed by atoms with Crippen LogP contribution in [0.4, 0.5) is 5.69 Å². The van der Waals surface area contributed by atoms with Crippen molar-refractivity contribution >= 4 is 46.7 Å². The van der Waals surface area contributed by atoms with Gasteiger partial charge in [-0.25, -0.2) is 9.78 Å². The van der Waals surface area contributed by atoms with Crippen LogP contribution >= 0.6 is 15.9 Å². The minimum Gasteiger partial charge on any atom is -0.467 e. The number of ether oxygens (including phenoxy) is 3. The predicted molar refractivity (Wildman–Crippen MR) is 131 cm³/mol. The minimum atomic E-state index is -1.18. The van der Waals surface area contributed by atoms with Gasteiger partial charge in [0.2, 0.25) is 0 Å². The van der Waals surface area contributed by atoms with Gasteiger partial charge in [0, 0.05) is 20.2 Å². The molecule has 1 atom stereocenters. The van der Waals surface area contributed by atoms with Crippen LogP contribution in [0.15, 0.2) is 4.47 Å². The lowest BCUT2D eigenvalue weighted by atomic mass is 9.99. The van der Waals surface area contributed by atoms with Crippen LogP contribution in [0.3, 0.4) is 0 Å². The SMILES string of the molecule is COC(=O)C(OC(C)(C)C)c1c(C)c(N)c2nc(C)n(COCC[Si](C)(C)C)c2c1Br. The lowest BCUT2D eigenvalue weighted by Crippen LogP contribution is -2.29. The van der Waals surface area contributed by atoms with Crippen molar-refractivity contribution in [1.29, 1.82) is 0 Å². The molecule has 2 N–H and O–H groups in total. The maximum absolute atomic E-state index is 12.7.